The summed E-state index contributed by atoms with van der Waals surface area (Å²) in [5.74, 6) is 2.23. The molecule has 157 valence electrons. The number of nitrogens with zero attached hydrogens (tertiary/aromatic N) is 2. The van der Waals surface area contributed by atoms with Gasteiger partial charge in [0.1, 0.15) is 17.4 Å². The van der Waals surface area contributed by atoms with Crippen LogP contribution in [0.1, 0.15) is 34.8 Å². The van der Waals surface area contributed by atoms with Crippen molar-refractivity contribution in [2.75, 3.05) is 19.0 Å². The molecule has 5 rings (SSSR count). The number of aryl methyl sites for hydroxylation is 1. The molecule has 0 bridgehead atoms. The van der Waals surface area contributed by atoms with Crippen LogP contribution in [0.4, 0.5) is 5.82 Å². The first-order valence-electron chi connectivity index (χ1n) is 10.5. The standard InChI is InChI=1S/C25H25N4OS/c1-15(27-25-21-12-19(30-3)7-8-23(21)28-16(2)29-25)24-11-18(14-31-24)20-6-4-5-17-9-10-26-13-22(17)20/h4-6,8,11-12,14-15,26H,9-10,13H2,1-3H3,(H,27,28,29). The molecular weight excluding hydrogens is 404 g/mol. The number of hydrogen-bond donors (Lipinski definition) is 2. The molecule has 0 amide bonds. The van der Waals surface area contributed by atoms with Crippen molar-refractivity contribution in [3.05, 3.63) is 69.7 Å². The van der Waals surface area contributed by atoms with Gasteiger partial charge in [-0.05, 0) is 72.6 Å². The van der Waals surface area contributed by atoms with Crippen LogP contribution < -0.4 is 15.4 Å². The van der Waals surface area contributed by atoms with Crippen LogP contribution in [0.3, 0.4) is 0 Å². The van der Waals surface area contributed by atoms with E-state index in [0.717, 1.165) is 42.1 Å². The molecule has 3 heterocycles. The lowest BCUT2D eigenvalue weighted by Crippen LogP contribution is -2.24. The van der Waals surface area contributed by atoms with Crippen molar-refractivity contribution < 1.29 is 4.74 Å². The zero-order valence-electron chi connectivity index (χ0n) is 18.0. The molecule has 5 nitrogen and oxygen atoms in total. The quantitative estimate of drug-likeness (QED) is 0.451. The zero-order chi connectivity index (χ0) is 21.4. The summed E-state index contributed by atoms with van der Waals surface area (Å²) in [7, 11) is 1.65. The van der Waals surface area contributed by atoms with Gasteiger partial charge in [0.15, 0.2) is 0 Å². The third-order valence-electron chi connectivity index (χ3n) is 5.79. The molecule has 1 aliphatic rings. The van der Waals surface area contributed by atoms with Gasteiger partial charge in [0.05, 0.1) is 18.7 Å². The minimum atomic E-state index is 0.115. The van der Waals surface area contributed by atoms with E-state index in [-0.39, 0.29) is 6.04 Å². The SMILES string of the molecule is COc1[c]cc2nc(C)nc(NC(C)c3cc(-c4cccc5c4CNCC5)cs3)c2c1. The Morgan fingerprint density at radius 1 is 1.26 bits per heavy atom. The van der Waals surface area contributed by atoms with Crippen LogP contribution in [-0.2, 0) is 13.0 Å². The predicted octanol–water partition coefficient (Wildman–Crippen LogP) is 5.29. The van der Waals surface area contributed by atoms with E-state index in [9.17, 15) is 0 Å². The minimum Gasteiger partial charge on any atom is -0.496 e. The topological polar surface area (TPSA) is 59.1 Å². The average Bonchev–Trinajstić information content (AvgIpc) is 3.28. The summed E-state index contributed by atoms with van der Waals surface area (Å²) in [6.45, 7) is 6.08. The summed E-state index contributed by atoms with van der Waals surface area (Å²) in [6.07, 6.45) is 1.10. The normalized spacial score (nSPS) is 14.3. The number of benzene rings is 2. The number of fused-ring (bicyclic) bond motifs is 2. The van der Waals surface area contributed by atoms with Crippen molar-refractivity contribution in [2.24, 2.45) is 0 Å². The molecule has 1 radical (unpaired) electrons. The Hall–Kier alpha value is -2.96. The largest absolute Gasteiger partial charge is 0.496 e. The minimum absolute atomic E-state index is 0.115. The van der Waals surface area contributed by atoms with Gasteiger partial charge < -0.3 is 15.4 Å². The smallest absolute Gasteiger partial charge is 0.138 e. The first-order valence-corrected chi connectivity index (χ1v) is 11.4. The second kappa shape index (κ2) is 8.29. The van der Waals surface area contributed by atoms with E-state index in [1.54, 1.807) is 18.4 Å². The molecule has 1 unspecified atom stereocenters. The van der Waals surface area contributed by atoms with Crippen LogP contribution in [0.2, 0.25) is 0 Å². The van der Waals surface area contributed by atoms with E-state index in [1.165, 1.54) is 27.1 Å². The second-order valence-corrected chi connectivity index (χ2v) is 8.84. The predicted molar refractivity (Wildman–Crippen MR) is 127 cm³/mol. The maximum Gasteiger partial charge on any atom is 0.138 e. The lowest BCUT2D eigenvalue weighted by molar-refractivity contribution is 0.414. The number of hydrogen-bond acceptors (Lipinski definition) is 6. The Balaban J connectivity index is 1.45. The number of methoxy groups -OCH3 is 1. The molecular formula is C25H25N4OS. The van der Waals surface area contributed by atoms with Crippen molar-refractivity contribution in [2.45, 2.75) is 32.9 Å². The van der Waals surface area contributed by atoms with Gasteiger partial charge in [-0.3, -0.25) is 0 Å². The summed E-state index contributed by atoms with van der Waals surface area (Å²) in [5.41, 5.74) is 6.37. The third-order valence-corrected chi connectivity index (χ3v) is 6.91. The second-order valence-electron chi connectivity index (χ2n) is 7.89. The monoisotopic (exact) mass is 429 g/mol. The Morgan fingerprint density at radius 2 is 2.16 bits per heavy atom. The molecule has 1 aliphatic heterocycles. The van der Waals surface area contributed by atoms with E-state index in [0.29, 0.717) is 5.75 Å². The van der Waals surface area contributed by atoms with Crippen LogP contribution in [-0.4, -0.2) is 23.6 Å². The summed E-state index contributed by atoms with van der Waals surface area (Å²) >= 11 is 1.78. The first kappa shape index (κ1) is 20.0. The highest BCUT2D eigenvalue weighted by atomic mass is 32.1. The van der Waals surface area contributed by atoms with Gasteiger partial charge in [-0.25, -0.2) is 9.97 Å². The number of rotatable bonds is 5. The number of aromatic nitrogens is 2. The van der Waals surface area contributed by atoms with Crippen LogP contribution >= 0.6 is 11.3 Å². The maximum absolute atomic E-state index is 5.35. The van der Waals surface area contributed by atoms with Crippen LogP contribution in [0, 0.1) is 13.0 Å². The van der Waals surface area contributed by atoms with Crippen molar-refractivity contribution in [1.82, 2.24) is 15.3 Å². The Morgan fingerprint density at radius 3 is 3.03 bits per heavy atom. The zero-order valence-corrected chi connectivity index (χ0v) is 18.8. The molecule has 0 aliphatic carbocycles. The van der Waals surface area contributed by atoms with Gasteiger partial charge in [0.2, 0.25) is 0 Å². The lowest BCUT2D eigenvalue weighted by Gasteiger charge is -2.20. The van der Waals surface area contributed by atoms with E-state index in [4.69, 9.17) is 4.74 Å². The summed E-state index contributed by atoms with van der Waals surface area (Å²) in [5, 5.41) is 10.3. The molecule has 0 fully saturated rings. The van der Waals surface area contributed by atoms with E-state index >= 15 is 0 Å². The fourth-order valence-corrected chi connectivity index (χ4v) is 5.09. The molecule has 6 heteroatoms. The molecule has 1 atom stereocenters. The van der Waals surface area contributed by atoms with Gasteiger partial charge in [-0.1, -0.05) is 18.2 Å². The Kier molecular flexibility index (Phi) is 5.34. The van der Waals surface area contributed by atoms with Crippen molar-refractivity contribution >= 4 is 28.1 Å². The lowest BCUT2D eigenvalue weighted by atomic mass is 9.93. The maximum atomic E-state index is 5.35. The van der Waals surface area contributed by atoms with Crippen molar-refractivity contribution in [3.8, 4) is 16.9 Å². The molecule has 2 N–H and O–H groups in total. The fourth-order valence-electron chi connectivity index (χ4n) is 4.18. The van der Waals surface area contributed by atoms with Gasteiger partial charge in [0.25, 0.3) is 0 Å². The highest BCUT2D eigenvalue weighted by Gasteiger charge is 2.17. The fraction of sp³-hybridized carbons (Fsp3) is 0.280. The third kappa shape index (κ3) is 3.89. The molecule has 4 aromatic rings. The van der Waals surface area contributed by atoms with E-state index in [1.807, 2.05) is 19.1 Å². The highest BCUT2D eigenvalue weighted by molar-refractivity contribution is 7.10. The van der Waals surface area contributed by atoms with Gasteiger partial charge in [0, 0.05) is 22.9 Å². The molecule has 2 aromatic carbocycles. The van der Waals surface area contributed by atoms with E-state index < -0.39 is 0 Å². The molecule has 0 spiro atoms. The molecule has 0 saturated heterocycles. The van der Waals surface area contributed by atoms with Crippen LogP contribution in [0.15, 0.2) is 41.8 Å². The van der Waals surface area contributed by atoms with Crippen molar-refractivity contribution in [1.29, 1.82) is 0 Å². The van der Waals surface area contributed by atoms with E-state index in [2.05, 4.69) is 63.2 Å². The molecule has 2 aromatic heterocycles. The number of nitrogens with one attached hydrogen (secondary N) is 2. The Bertz CT molecular complexity index is 1250. The van der Waals surface area contributed by atoms with Gasteiger partial charge in [-0.15, -0.1) is 11.3 Å². The number of thiophene rings is 1. The Labute approximate surface area is 186 Å². The average molecular weight is 430 g/mol. The van der Waals surface area contributed by atoms with Crippen LogP contribution in [0.5, 0.6) is 5.75 Å². The van der Waals surface area contributed by atoms with Gasteiger partial charge in [-0.2, -0.15) is 0 Å². The summed E-state index contributed by atoms with van der Waals surface area (Å²) in [4.78, 5) is 10.5. The highest BCUT2D eigenvalue weighted by Crippen LogP contribution is 2.35. The number of ether oxygens (including phenoxy) is 1. The molecule has 0 saturated carbocycles. The first-order chi connectivity index (χ1) is 15.1. The molecule has 31 heavy (non-hydrogen) atoms. The summed E-state index contributed by atoms with van der Waals surface area (Å²) in [6, 6.07) is 16.0. The van der Waals surface area contributed by atoms with Gasteiger partial charge >= 0.3 is 0 Å². The van der Waals surface area contributed by atoms with Crippen LogP contribution in [0.25, 0.3) is 22.0 Å². The van der Waals surface area contributed by atoms with Crippen molar-refractivity contribution in [3.63, 3.8) is 0 Å². The number of anilines is 1. The summed E-state index contributed by atoms with van der Waals surface area (Å²) < 4.78 is 5.35.